The molecule has 0 aliphatic heterocycles. The lowest BCUT2D eigenvalue weighted by molar-refractivity contribution is 0.297. The number of aryl methyl sites for hydroxylation is 2. The molecule has 174 valence electrons. The van der Waals surface area contributed by atoms with Crippen molar-refractivity contribution < 1.29 is 4.74 Å². The SMILES string of the molecule is CCCCCOc1cc(C)ccc1CNC(=NC)NCC(c1cnn(C)c1)N(C)C.I. The maximum atomic E-state index is 6.06. The number of aliphatic imine (C=N–C) groups is 1. The summed E-state index contributed by atoms with van der Waals surface area (Å²) in [5, 5.41) is 11.2. The van der Waals surface area contributed by atoms with Crippen molar-refractivity contribution in [3.8, 4) is 5.75 Å². The Labute approximate surface area is 204 Å². The first kappa shape index (κ1) is 27.2. The van der Waals surface area contributed by atoms with Gasteiger partial charge in [0.15, 0.2) is 5.96 Å². The number of aromatic nitrogens is 2. The predicted molar refractivity (Wildman–Crippen MR) is 139 cm³/mol. The Hall–Kier alpha value is -1.81. The van der Waals surface area contributed by atoms with Crippen LogP contribution in [-0.2, 0) is 13.6 Å². The fourth-order valence-corrected chi connectivity index (χ4v) is 3.28. The van der Waals surface area contributed by atoms with Gasteiger partial charge in [-0.25, -0.2) is 0 Å². The van der Waals surface area contributed by atoms with E-state index in [1.165, 1.54) is 24.0 Å². The van der Waals surface area contributed by atoms with Crippen molar-refractivity contribution in [3.63, 3.8) is 0 Å². The molecule has 7 nitrogen and oxygen atoms in total. The lowest BCUT2D eigenvalue weighted by Crippen LogP contribution is -2.41. The van der Waals surface area contributed by atoms with Gasteiger partial charge in [-0.1, -0.05) is 31.9 Å². The molecule has 0 saturated carbocycles. The van der Waals surface area contributed by atoms with Crippen molar-refractivity contribution in [2.24, 2.45) is 12.0 Å². The van der Waals surface area contributed by atoms with Gasteiger partial charge >= 0.3 is 0 Å². The Kier molecular flexibility index (Phi) is 12.5. The highest BCUT2D eigenvalue weighted by Gasteiger charge is 2.16. The maximum Gasteiger partial charge on any atom is 0.191 e. The molecule has 0 aliphatic rings. The van der Waals surface area contributed by atoms with Crippen LogP contribution in [0.1, 0.15) is 48.9 Å². The summed E-state index contributed by atoms with van der Waals surface area (Å²) in [6.45, 7) is 6.44. The number of hydrogen-bond donors (Lipinski definition) is 2. The Morgan fingerprint density at radius 3 is 2.65 bits per heavy atom. The van der Waals surface area contributed by atoms with Crippen molar-refractivity contribution in [1.82, 2.24) is 25.3 Å². The molecule has 1 aromatic carbocycles. The van der Waals surface area contributed by atoms with E-state index in [0.29, 0.717) is 6.54 Å². The van der Waals surface area contributed by atoms with Crippen LogP contribution in [0.4, 0.5) is 0 Å². The molecule has 2 aromatic rings. The lowest BCUT2D eigenvalue weighted by Gasteiger charge is -2.24. The van der Waals surface area contributed by atoms with Gasteiger partial charge in [-0.05, 0) is 39.1 Å². The van der Waals surface area contributed by atoms with E-state index in [-0.39, 0.29) is 30.0 Å². The Morgan fingerprint density at radius 1 is 1.26 bits per heavy atom. The number of nitrogens with one attached hydrogen (secondary N) is 2. The fraction of sp³-hybridized carbons (Fsp3) is 0.565. The van der Waals surface area contributed by atoms with E-state index in [1.54, 1.807) is 7.05 Å². The van der Waals surface area contributed by atoms with Crippen molar-refractivity contribution in [1.29, 1.82) is 0 Å². The molecule has 0 radical (unpaired) electrons. The number of unbranched alkanes of at least 4 members (excludes halogenated alkanes) is 2. The molecule has 8 heteroatoms. The van der Waals surface area contributed by atoms with Crippen LogP contribution in [-0.4, -0.2) is 54.9 Å². The molecule has 1 unspecified atom stereocenters. The first-order chi connectivity index (χ1) is 14.4. The smallest absolute Gasteiger partial charge is 0.191 e. The van der Waals surface area contributed by atoms with Crippen molar-refractivity contribution in [2.45, 2.75) is 45.7 Å². The number of guanidine groups is 1. The molecule has 0 aliphatic carbocycles. The first-order valence-corrected chi connectivity index (χ1v) is 10.8. The van der Waals surface area contributed by atoms with Gasteiger partial charge in [0.25, 0.3) is 0 Å². The fourth-order valence-electron chi connectivity index (χ4n) is 3.28. The molecule has 0 bridgehead atoms. The van der Waals surface area contributed by atoms with E-state index >= 15 is 0 Å². The van der Waals surface area contributed by atoms with Gasteiger partial charge in [0.2, 0.25) is 0 Å². The van der Waals surface area contributed by atoms with Crippen molar-refractivity contribution in [2.75, 3.05) is 34.3 Å². The Balaban J connectivity index is 0.00000480. The molecule has 1 aromatic heterocycles. The summed E-state index contributed by atoms with van der Waals surface area (Å²) in [5.74, 6) is 1.72. The average molecular weight is 543 g/mol. The molecule has 0 amide bonds. The highest BCUT2D eigenvalue weighted by molar-refractivity contribution is 14.0. The van der Waals surface area contributed by atoms with Crippen molar-refractivity contribution >= 4 is 29.9 Å². The topological polar surface area (TPSA) is 66.7 Å². The van der Waals surface area contributed by atoms with Crippen LogP contribution in [0.5, 0.6) is 5.75 Å². The summed E-state index contributed by atoms with van der Waals surface area (Å²) >= 11 is 0. The van der Waals surface area contributed by atoms with Gasteiger partial charge in [0.1, 0.15) is 5.75 Å². The molecule has 31 heavy (non-hydrogen) atoms. The predicted octanol–water partition coefficient (Wildman–Crippen LogP) is 3.88. The highest BCUT2D eigenvalue weighted by Crippen LogP contribution is 2.21. The van der Waals surface area contributed by atoms with Crippen molar-refractivity contribution in [3.05, 3.63) is 47.3 Å². The molecule has 1 heterocycles. The third-order valence-corrected chi connectivity index (χ3v) is 5.09. The minimum atomic E-state index is 0. The zero-order valence-corrected chi connectivity index (χ0v) is 22.1. The zero-order valence-electron chi connectivity index (χ0n) is 19.8. The summed E-state index contributed by atoms with van der Waals surface area (Å²) in [5.41, 5.74) is 3.51. The van der Waals surface area contributed by atoms with E-state index in [1.807, 2.05) is 17.9 Å². The number of halogens is 1. The molecular formula is C23H39IN6O. The van der Waals surface area contributed by atoms with Crippen LogP contribution in [0, 0.1) is 6.92 Å². The summed E-state index contributed by atoms with van der Waals surface area (Å²) < 4.78 is 7.89. The summed E-state index contributed by atoms with van der Waals surface area (Å²) in [7, 11) is 7.88. The maximum absolute atomic E-state index is 6.06. The normalized spacial score (nSPS) is 12.4. The Bertz CT molecular complexity index is 805. The molecule has 0 fully saturated rings. The van der Waals surface area contributed by atoms with E-state index in [9.17, 15) is 0 Å². The standard InChI is InChI=1S/C23H38N6O.HI/c1-7-8-9-12-30-22-13-18(2)10-11-19(22)14-25-23(24-3)26-16-21(28(4)5)20-15-27-29(6)17-20;/h10-11,13,15,17,21H,7-9,12,14,16H2,1-6H3,(H2,24,25,26);1H. The number of hydrogen-bond acceptors (Lipinski definition) is 4. The van der Waals surface area contributed by atoms with Crippen LogP contribution in [0.3, 0.4) is 0 Å². The molecule has 2 rings (SSSR count). The van der Waals surface area contributed by atoms with Gasteiger partial charge in [0, 0.05) is 44.5 Å². The average Bonchev–Trinajstić information content (AvgIpc) is 3.14. The molecule has 2 N–H and O–H groups in total. The van der Waals surface area contributed by atoms with Gasteiger partial charge in [-0.3, -0.25) is 9.67 Å². The molecular weight excluding hydrogens is 503 g/mol. The van der Waals surface area contributed by atoms with Crippen LogP contribution >= 0.6 is 24.0 Å². The third kappa shape index (κ3) is 9.06. The lowest BCUT2D eigenvalue weighted by atomic mass is 10.1. The number of rotatable bonds is 11. The Morgan fingerprint density at radius 2 is 2.03 bits per heavy atom. The number of likely N-dealkylation sites (N-methyl/N-ethyl adjacent to an activating group) is 1. The quantitative estimate of drug-likeness (QED) is 0.195. The summed E-state index contributed by atoms with van der Waals surface area (Å²) in [4.78, 5) is 6.56. The second kappa shape index (κ2) is 14.3. The minimum Gasteiger partial charge on any atom is -0.493 e. The van der Waals surface area contributed by atoms with E-state index < -0.39 is 0 Å². The van der Waals surface area contributed by atoms with Gasteiger partial charge < -0.3 is 20.3 Å². The summed E-state index contributed by atoms with van der Waals surface area (Å²) in [6.07, 6.45) is 7.44. The van der Waals surface area contributed by atoms with Crippen LogP contribution < -0.4 is 15.4 Å². The largest absolute Gasteiger partial charge is 0.493 e. The van der Waals surface area contributed by atoms with E-state index in [4.69, 9.17) is 4.74 Å². The second-order valence-electron chi connectivity index (χ2n) is 7.90. The van der Waals surface area contributed by atoms with Crippen LogP contribution in [0.25, 0.3) is 0 Å². The third-order valence-electron chi connectivity index (χ3n) is 5.09. The van der Waals surface area contributed by atoms with E-state index in [0.717, 1.165) is 36.8 Å². The summed E-state index contributed by atoms with van der Waals surface area (Å²) in [6, 6.07) is 6.57. The monoisotopic (exact) mass is 542 g/mol. The minimum absolute atomic E-state index is 0. The number of nitrogens with zero attached hydrogens (tertiary/aromatic N) is 4. The van der Waals surface area contributed by atoms with Crippen LogP contribution in [0.2, 0.25) is 0 Å². The molecule has 0 spiro atoms. The molecule has 1 atom stereocenters. The van der Waals surface area contributed by atoms with Gasteiger partial charge in [0.05, 0.1) is 18.8 Å². The zero-order chi connectivity index (χ0) is 21.9. The number of benzene rings is 1. The van der Waals surface area contributed by atoms with Gasteiger partial charge in [-0.2, -0.15) is 5.10 Å². The second-order valence-corrected chi connectivity index (χ2v) is 7.90. The van der Waals surface area contributed by atoms with Crippen LogP contribution in [0.15, 0.2) is 35.6 Å². The highest BCUT2D eigenvalue weighted by atomic mass is 127. The van der Waals surface area contributed by atoms with E-state index in [2.05, 4.69) is 78.0 Å². The van der Waals surface area contributed by atoms with Gasteiger partial charge in [-0.15, -0.1) is 24.0 Å². The number of ether oxygens (including phenoxy) is 1. The molecule has 0 saturated heterocycles. The first-order valence-electron chi connectivity index (χ1n) is 10.8.